The zero-order valence-electron chi connectivity index (χ0n) is 15.9. The highest BCUT2D eigenvalue weighted by Gasteiger charge is 2.60. The Balaban J connectivity index is 1.46. The molecule has 4 aliphatic rings. The van der Waals surface area contributed by atoms with Crippen LogP contribution in [0.15, 0.2) is 10.6 Å². The monoisotopic (exact) mass is 410 g/mol. The van der Waals surface area contributed by atoms with Gasteiger partial charge in [0.2, 0.25) is 11.8 Å². The van der Waals surface area contributed by atoms with Crippen LogP contribution in [0.2, 0.25) is 0 Å². The number of likely N-dealkylation sites (tertiary alicyclic amines) is 1. The Morgan fingerprint density at radius 2 is 2.04 bits per heavy atom. The van der Waals surface area contributed by atoms with Gasteiger partial charge in [0.15, 0.2) is 0 Å². The minimum absolute atomic E-state index is 0.0351. The maximum atomic E-state index is 12.5. The number of thioether (sulfide) groups is 1. The Bertz CT molecular complexity index is 750. The average molecular weight is 410 g/mol. The van der Waals surface area contributed by atoms with E-state index in [1.54, 1.807) is 11.8 Å². The Kier molecular flexibility index (Phi) is 4.93. The van der Waals surface area contributed by atoms with Crippen LogP contribution in [-0.4, -0.2) is 86.9 Å². The van der Waals surface area contributed by atoms with E-state index in [1.807, 2.05) is 6.92 Å². The molecule has 0 bridgehead atoms. The van der Waals surface area contributed by atoms with Crippen molar-refractivity contribution in [2.75, 3.05) is 19.6 Å². The molecular weight excluding hydrogens is 384 g/mol. The first-order chi connectivity index (χ1) is 13.2. The Labute approximate surface area is 167 Å². The number of hydrogen-bond acceptors (Lipinski definition) is 7. The normalized spacial score (nSPS) is 36.3. The summed E-state index contributed by atoms with van der Waals surface area (Å²) in [5, 5.41) is 22.9. The number of rotatable bonds is 5. The molecule has 9 nitrogen and oxygen atoms in total. The molecule has 0 aliphatic carbocycles. The number of nitrogens with zero attached hydrogens (tertiary/aromatic N) is 2. The largest absolute Gasteiger partial charge is 0.477 e. The lowest BCUT2D eigenvalue weighted by Crippen LogP contribution is -2.63. The van der Waals surface area contributed by atoms with Crippen molar-refractivity contribution in [2.24, 2.45) is 17.6 Å². The lowest BCUT2D eigenvalue weighted by molar-refractivity contribution is -0.163. The summed E-state index contributed by atoms with van der Waals surface area (Å²) in [7, 11) is 0. The van der Waals surface area contributed by atoms with Gasteiger partial charge in [0.05, 0.1) is 24.1 Å². The summed E-state index contributed by atoms with van der Waals surface area (Å²) in [5.41, 5.74) is 5.78. The lowest BCUT2D eigenvalue weighted by Gasteiger charge is -2.46. The molecule has 4 heterocycles. The molecule has 0 saturated carbocycles. The summed E-state index contributed by atoms with van der Waals surface area (Å²) in [6, 6.07) is -0.531. The average Bonchev–Trinajstić information content (AvgIpc) is 3.14. The first-order valence-corrected chi connectivity index (χ1v) is 10.5. The number of nitrogens with one attached hydrogen (secondary N) is 1. The predicted molar refractivity (Wildman–Crippen MR) is 102 cm³/mol. The third kappa shape index (κ3) is 2.94. The zero-order chi connectivity index (χ0) is 20.3. The molecule has 0 aromatic rings. The van der Waals surface area contributed by atoms with E-state index in [1.165, 1.54) is 16.7 Å². The van der Waals surface area contributed by atoms with Crippen LogP contribution in [0.4, 0.5) is 0 Å². The van der Waals surface area contributed by atoms with Crippen LogP contribution in [0.25, 0.3) is 0 Å². The van der Waals surface area contributed by atoms with Crippen LogP contribution in [0, 0.1) is 11.8 Å². The van der Waals surface area contributed by atoms with Gasteiger partial charge in [-0.05, 0) is 13.3 Å². The Morgan fingerprint density at radius 3 is 2.61 bits per heavy atom. The highest BCUT2D eigenvalue weighted by Crippen LogP contribution is 2.51. The summed E-state index contributed by atoms with van der Waals surface area (Å²) in [4.78, 5) is 40.5. The summed E-state index contributed by atoms with van der Waals surface area (Å²) >= 11 is 1.45. The molecule has 6 atom stereocenters. The van der Waals surface area contributed by atoms with Crippen molar-refractivity contribution in [2.45, 2.75) is 49.7 Å². The molecule has 0 aromatic carbocycles. The van der Waals surface area contributed by atoms with E-state index in [-0.39, 0.29) is 46.8 Å². The fraction of sp³-hybridized carbons (Fsp3) is 0.722. The molecule has 28 heavy (non-hydrogen) atoms. The van der Waals surface area contributed by atoms with Gasteiger partial charge < -0.3 is 31.1 Å². The summed E-state index contributed by atoms with van der Waals surface area (Å²) in [6.07, 6.45) is -0.204. The molecule has 3 fully saturated rings. The molecule has 3 saturated heterocycles. The van der Waals surface area contributed by atoms with Gasteiger partial charge in [-0.25, -0.2) is 4.79 Å². The van der Waals surface area contributed by atoms with E-state index in [4.69, 9.17) is 5.73 Å². The molecule has 4 aliphatic heterocycles. The van der Waals surface area contributed by atoms with Crippen LogP contribution >= 0.6 is 11.8 Å². The molecule has 5 N–H and O–H groups in total. The van der Waals surface area contributed by atoms with Crippen molar-refractivity contribution in [3.8, 4) is 0 Å². The molecule has 2 amide bonds. The number of carbonyl (C=O) groups is 3. The van der Waals surface area contributed by atoms with Crippen LogP contribution < -0.4 is 11.1 Å². The van der Waals surface area contributed by atoms with Crippen LogP contribution in [0.5, 0.6) is 0 Å². The smallest absolute Gasteiger partial charge is 0.353 e. The number of hydrogen-bond donors (Lipinski definition) is 4. The number of fused-ring (bicyclic) bond motifs is 1. The fourth-order valence-corrected chi connectivity index (χ4v) is 6.23. The van der Waals surface area contributed by atoms with Gasteiger partial charge in [0.25, 0.3) is 0 Å². The lowest BCUT2D eigenvalue weighted by atomic mass is 9.79. The quantitative estimate of drug-likeness (QED) is 0.414. The molecule has 4 rings (SSSR count). The molecule has 0 spiro atoms. The number of carboxylic acids is 1. The molecular formula is C18H26N4O5S. The van der Waals surface area contributed by atoms with Crippen molar-refractivity contribution in [1.29, 1.82) is 0 Å². The van der Waals surface area contributed by atoms with Gasteiger partial charge in [-0.3, -0.25) is 9.59 Å². The molecule has 154 valence electrons. The molecule has 0 radical (unpaired) electrons. The van der Waals surface area contributed by atoms with E-state index >= 15 is 0 Å². The van der Waals surface area contributed by atoms with Crippen molar-refractivity contribution in [3.05, 3.63) is 10.6 Å². The first kappa shape index (κ1) is 19.7. The van der Waals surface area contributed by atoms with Crippen LogP contribution in [0.1, 0.15) is 20.3 Å². The number of nitrogens with two attached hydrogens (primary N) is 1. The van der Waals surface area contributed by atoms with Crippen molar-refractivity contribution in [3.63, 3.8) is 0 Å². The van der Waals surface area contributed by atoms with Gasteiger partial charge in [-0.15, -0.1) is 11.8 Å². The summed E-state index contributed by atoms with van der Waals surface area (Å²) in [5.74, 6) is -2.12. The van der Waals surface area contributed by atoms with Crippen molar-refractivity contribution >= 4 is 29.5 Å². The predicted octanol–water partition coefficient (Wildman–Crippen LogP) is -1.23. The maximum Gasteiger partial charge on any atom is 0.353 e. The van der Waals surface area contributed by atoms with Crippen LogP contribution in [0.3, 0.4) is 0 Å². The number of aliphatic hydroxyl groups is 1. The second-order valence-corrected chi connectivity index (χ2v) is 9.55. The molecule has 10 heteroatoms. The number of carboxylic acid groups (broad SMARTS) is 1. The topological polar surface area (TPSA) is 136 Å². The highest BCUT2D eigenvalue weighted by molar-refractivity contribution is 8.03. The van der Waals surface area contributed by atoms with Gasteiger partial charge in [0.1, 0.15) is 5.70 Å². The van der Waals surface area contributed by atoms with Gasteiger partial charge in [-0.2, -0.15) is 0 Å². The number of aliphatic hydroxyl groups excluding tert-OH is 1. The Hall–Kier alpha value is -1.62. The zero-order valence-corrected chi connectivity index (χ0v) is 16.7. The van der Waals surface area contributed by atoms with E-state index in [9.17, 15) is 24.6 Å². The number of aliphatic carboxylic acids is 1. The molecule has 0 aromatic heterocycles. The third-order valence-electron chi connectivity index (χ3n) is 6.21. The highest BCUT2D eigenvalue weighted by atomic mass is 32.2. The van der Waals surface area contributed by atoms with Gasteiger partial charge >= 0.3 is 5.97 Å². The number of amides is 2. The fourth-order valence-electron chi connectivity index (χ4n) is 4.75. The SMILES string of the molecule is C[C@@H](O)[C@H]1C(=O)N2C(C(=O)O)=C(S[C@@H]3CN[C@H](C(=O)N4CC(N)C4)C3)[C@H](C)[C@H]12. The number of carbonyl (C=O) groups excluding carboxylic acids is 2. The van der Waals surface area contributed by atoms with E-state index in [0.717, 1.165) is 0 Å². The van der Waals surface area contributed by atoms with E-state index < -0.39 is 18.0 Å². The van der Waals surface area contributed by atoms with Crippen LogP contribution in [-0.2, 0) is 14.4 Å². The summed E-state index contributed by atoms with van der Waals surface area (Å²) < 4.78 is 0. The molecule has 0 unspecified atom stereocenters. The third-order valence-corrected chi connectivity index (χ3v) is 7.73. The second kappa shape index (κ2) is 7.01. The second-order valence-electron chi connectivity index (χ2n) is 8.21. The van der Waals surface area contributed by atoms with Crippen molar-refractivity contribution in [1.82, 2.24) is 15.1 Å². The summed E-state index contributed by atoms with van der Waals surface area (Å²) in [6.45, 7) is 5.24. The maximum absolute atomic E-state index is 12.5. The standard InChI is InChI=1S/C18H26N4O5S/c1-7-13-12(8(2)23)17(25)22(13)14(18(26)27)15(7)28-10-3-11(20-4-10)16(24)21-5-9(19)6-21/h7-13,20,23H,3-6,19H2,1-2H3,(H,26,27)/t7-,8-,10+,11+,12-,13-/m1/s1. The van der Waals surface area contributed by atoms with E-state index in [0.29, 0.717) is 31.0 Å². The minimum atomic E-state index is -1.12. The Morgan fingerprint density at radius 1 is 1.36 bits per heavy atom. The van der Waals surface area contributed by atoms with Gasteiger partial charge in [-0.1, -0.05) is 6.92 Å². The minimum Gasteiger partial charge on any atom is -0.477 e. The van der Waals surface area contributed by atoms with Crippen molar-refractivity contribution < 1.29 is 24.6 Å². The number of β-lactam (4-membered cyclic amide) rings is 1. The first-order valence-electron chi connectivity index (χ1n) is 9.63. The van der Waals surface area contributed by atoms with Gasteiger partial charge in [0, 0.05) is 41.7 Å². The van der Waals surface area contributed by atoms with E-state index in [2.05, 4.69) is 5.32 Å².